The van der Waals surface area contributed by atoms with Crippen LogP contribution >= 0.6 is 54.5 Å². The minimum Gasteiger partial charge on any atom is -0.378 e. The highest BCUT2D eigenvalue weighted by molar-refractivity contribution is 14.1. The van der Waals surface area contributed by atoms with Crippen LogP contribution in [0.4, 0.5) is 5.69 Å². The monoisotopic (exact) mass is 479 g/mol. The summed E-state index contributed by atoms with van der Waals surface area (Å²) in [6.45, 7) is 2.17. The molecule has 0 amide bonds. The van der Waals surface area contributed by atoms with E-state index in [2.05, 4.69) is 103 Å². The molecule has 0 aliphatic carbocycles. The summed E-state index contributed by atoms with van der Waals surface area (Å²) in [7, 11) is 0. The van der Waals surface area contributed by atoms with Crippen LogP contribution in [-0.2, 0) is 0 Å². The summed E-state index contributed by atoms with van der Waals surface area (Å²) < 4.78 is 3.42. The molecule has 0 bridgehead atoms. The van der Waals surface area contributed by atoms with Gasteiger partial charge in [-0.2, -0.15) is 0 Å². The molecule has 1 unspecified atom stereocenters. The van der Waals surface area contributed by atoms with Crippen molar-refractivity contribution in [3.05, 3.63) is 60.5 Å². The van der Waals surface area contributed by atoms with Crippen LogP contribution in [0.1, 0.15) is 18.5 Å². The van der Waals surface area contributed by atoms with Crippen molar-refractivity contribution < 1.29 is 0 Å². The van der Waals surface area contributed by atoms with Crippen molar-refractivity contribution in [3.63, 3.8) is 0 Å². The summed E-state index contributed by atoms with van der Waals surface area (Å²) in [5.74, 6) is 0. The SMILES string of the molecule is CC(Nc1cc(Br)ccc1I)c1cccc(Br)c1. The predicted molar refractivity (Wildman–Crippen MR) is 93.0 cm³/mol. The summed E-state index contributed by atoms with van der Waals surface area (Å²) >= 11 is 9.35. The van der Waals surface area contributed by atoms with Crippen molar-refractivity contribution in [2.75, 3.05) is 5.32 Å². The zero-order valence-electron chi connectivity index (χ0n) is 9.75. The average Bonchev–Trinajstić information content (AvgIpc) is 2.34. The Balaban J connectivity index is 2.21. The summed E-state index contributed by atoms with van der Waals surface area (Å²) in [6.07, 6.45) is 0. The maximum Gasteiger partial charge on any atom is 0.0491 e. The van der Waals surface area contributed by atoms with Crippen LogP contribution < -0.4 is 5.32 Å². The van der Waals surface area contributed by atoms with Gasteiger partial charge >= 0.3 is 0 Å². The van der Waals surface area contributed by atoms with E-state index in [4.69, 9.17) is 0 Å². The van der Waals surface area contributed by atoms with Crippen LogP contribution in [0.15, 0.2) is 51.4 Å². The highest BCUT2D eigenvalue weighted by atomic mass is 127. The van der Waals surface area contributed by atoms with E-state index >= 15 is 0 Å². The average molecular weight is 481 g/mol. The summed E-state index contributed by atoms with van der Waals surface area (Å²) in [5.41, 5.74) is 2.41. The Morgan fingerprint density at radius 2 is 1.78 bits per heavy atom. The van der Waals surface area contributed by atoms with Gasteiger partial charge in [-0.1, -0.05) is 44.0 Å². The first-order valence-corrected chi connectivity index (χ1v) is 8.20. The van der Waals surface area contributed by atoms with Crippen LogP contribution in [0.25, 0.3) is 0 Å². The zero-order chi connectivity index (χ0) is 13.1. The number of rotatable bonds is 3. The van der Waals surface area contributed by atoms with E-state index in [1.165, 1.54) is 9.13 Å². The topological polar surface area (TPSA) is 12.0 Å². The smallest absolute Gasteiger partial charge is 0.0491 e. The normalized spacial score (nSPS) is 12.2. The Morgan fingerprint density at radius 1 is 1.06 bits per heavy atom. The maximum absolute atomic E-state index is 3.54. The number of nitrogens with one attached hydrogen (secondary N) is 1. The molecule has 18 heavy (non-hydrogen) atoms. The number of halogens is 3. The van der Waals surface area contributed by atoms with E-state index in [0.29, 0.717) is 0 Å². The molecule has 0 saturated carbocycles. The largest absolute Gasteiger partial charge is 0.378 e. The van der Waals surface area contributed by atoms with Crippen LogP contribution in [0.3, 0.4) is 0 Å². The minimum absolute atomic E-state index is 0.269. The van der Waals surface area contributed by atoms with Gasteiger partial charge in [0.05, 0.1) is 0 Å². The molecule has 0 aromatic heterocycles. The van der Waals surface area contributed by atoms with Crippen molar-refractivity contribution in [1.82, 2.24) is 0 Å². The van der Waals surface area contributed by atoms with Gasteiger partial charge in [-0.05, 0) is 65.4 Å². The molecule has 0 radical (unpaired) electrons. The van der Waals surface area contributed by atoms with E-state index in [9.17, 15) is 0 Å². The van der Waals surface area contributed by atoms with Crippen molar-refractivity contribution in [3.8, 4) is 0 Å². The van der Waals surface area contributed by atoms with Gasteiger partial charge in [-0.25, -0.2) is 0 Å². The van der Waals surface area contributed by atoms with Crippen molar-refractivity contribution in [2.24, 2.45) is 0 Å². The standard InChI is InChI=1S/C14H12Br2IN/c1-9(10-3-2-4-11(15)7-10)18-14-8-12(16)5-6-13(14)17/h2-9,18H,1H3. The maximum atomic E-state index is 3.54. The molecule has 2 rings (SSSR count). The van der Waals surface area contributed by atoms with Crippen LogP contribution in [0, 0.1) is 3.57 Å². The van der Waals surface area contributed by atoms with E-state index < -0.39 is 0 Å². The van der Waals surface area contributed by atoms with Gasteiger partial charge in [0.25, 0.3) is 0 Å². The van der Waals surface area contributed by atoms with Crippen LogP contribution in [0.5, 0.6) is 0 Å². The van der Waals surface area contributed by atoms with Crippen molar-refractivity contribution in [1.29, 1.82) is 0 Å². The fraction of sp³-hybridized carbons (Fsp3) is 0.143. The lowest BCUT2D eigenvalue weighted by Crippen LogP contribution is -2.07. The molecule has 2 aromatic rings. The molecular weight excluding hydrogens is 469 g/mol. The first-order valence-electron chi connectivity index (χ1n) is 5.53. The fourth-order valence-corrected chi connectivity index (χ4v) is 2.97. The molecule has 1 N–H and O–H groups in total. The van der Waals surface area contributed by atoms with Gasteiger partial charge in [-0.3, -0.25) is 0 Å². The van der Waals surface area contributed by atoms with Crippen molar-refractivity contribution >= 4 is 60.1 Å². The van der Waals surface area contributed by atoms with Crippen LogP contribution in [-0.4, -0.2) is 0 Å². The van der Waals surface area contributed by atoms with Crippen molar-refractivity contribution in [2.45, 2.75) is 13.0 Å². The molecular formula is C14H12Br2IN. The van der Waals surface area contributed by atoms with Gasteiger partial charge in [0.1, 0.15) is 0 Å². The third-order valence-corrected chi connectivity index (χ3v) is 4.58. The van der Waals surface area contributed by atoms with Gasteiger partial charge in [0.2, 0.25) is 0 Å². The first kappa shape index (κ1) is 14.3. The van der Waals surface area contributed by atoms with E-state index in [1.807, 2.05) is 6.07 Å². The molecule has 0 fully saturated rings. The zero-order valence-corrected chi connectivity index (χ0v) is 15.1. The lowest BCUT2D eigenvalue weighted by molar-refractivity contribution is 0.882. The predicted octanol–water partition coefficient (Wildman–Crippen LogP) is 5.99. The Morgan fingerprint density at radius 3 is 2.50 bits per heavy atom. The fourth-order valence-electron chi connectivity index (χ4n) is 1.70. The lowest BCUT2D eigenvalue weighted by atomic mass is 10.1. The number of hydrogen-bond donors (Lipinski definition) is 1. The van der Waals surface area contributed by atoms with Gasteiger partial charge in [0.15, 0.2) is 0 Å². The summed E-state index contributed by atoms with van der Waals surface area (Å²) in [5, 5.41) is 3.54. The second kappa shape index (κ2) is 6.39. The first-order chi connectivity index (χ1) is 8.56. The molecule has 2 aromatic carbocycles. The highest BCUT2D eigenvalue weighted by Crippen LogP contribution is 2.27. The highest BCUT2D eigenvalue weighted by Gasteiger charge is 2.08. The molecule has 0 aliphatic rings. The minimum atomic E-state index is 0.269. The van der Waals surface area contributed by atoms with E-state index in [-0.39, 0.29) is 6.04 Å². The number of benzene rings is 2. The molecule has 0 aliphatic heterocycles. The number of hydrogen-bond acceptors (Lipinski definition) is 1. The van der Waals surface area contributed by atoms with Gasteiger partial charge < -0.3 is 5.32 Å². The van der Waals surface area contributed by atoms with E-state index in [1.54, 1.807) is 0 Å². The Hall–Kier alpha value is -0.0700. The third kappa shape index (κ3) is 3.71. The third-order valence-electron chi connectivity index (χ3n) is 2.65. The molecule has 94 valence electrons. The Kier molecular flexibility index (Phi) is 5.09. The van der Waals surface area contributed by atoms with Crippen LogP contribution in [0.2, 0.25) is 0 Å². The Bertz CT molecular complexity index is 557. The summed E-state index contributed by atoms with van der Waals surface area (Å²) in [4.78, 5) is 0. The molecule has 0 heterocycles. The lowest BCUT2D eigenvalue weighted by Gasteiger charge is -2.17. The second-order valence-corrected chi connectivity index (χ2v) is 7.04. The molecule has 1 nitrogen and oxygen atoms in total. The summed E-state index contributed by atoms with van der Waals surface area (Å²) in [6, 6.07) is 14.9. The second-order valence-electron chi connectivity index (χ2n) is 4.05. The van der Waals surface area contributed by atoms with Gasteiger partial charge in [-0.15, -0.1) is 0 Å². The molecule has 4 heteroatoms. The van der Waals surface area contributed by atoms with Gasteiger partial charge in [0, 0.05) is 24.2 Å². The molecule has 0 spiro atoms. The number of anilines is 1. The Labute approximate surface area is 138 Å². The van der Waals surface area contributed by atoms with E-state index in [0.717, 1.165) is 14.6 Å². The molecule has 1 atom stereocenters. The quantitative estimate of drug-likeness (QED) is 0.532. The molecule has 0 saturated heterocycles.